The van der Waals surface area contributed by atoms with Gasteiger partial charge in [-0.15, -0.1) is 0 Å². The highest BCUT2D eigenvalue weighted by atomic mass is 35.5. The van der Waals surface area contributed by atoms with Gasteiger partial charge in [0.15, 0.2) is 5.78 Å². The minimum absolute atomic E-state index is 0.151. The van der Waals surface area contributed by atoms with E-state index < -0.39 is 0 Å². The molecule has 0 aliphatic rings. The first kappa shape index (κ1) is 14.8. The topological polar surface area (TPSA) is 17.1 Å². The van der Waals surface area contributed by atoms with Crippen LogP contribution in [0.15, 0.2) is 48.5 Å². The highest BCUT2D eigenvalue weighted by Gasteiger charge is 2.08. The quantitative estimate of drug-likeness (QED) is 0.710. The normalized spacial score (nSPS) is 10.8. The van der Waals surface area contributed by atoms with Crippen molar-refractivity contribution >= 4 is 17.4 Å². The highest BCUT2D eigenvalue weighted by molar-refractivity contribution is 6.30. The lowest BCUT2D eigenvalue weighted by Gasteiger charge is -2.07. The lowest BCUT2D eigenvalue weighted by atomic mass is 9.97. The van der Waals surface area contributed by atoms with E-state index in [1.165, 1.54) is 5.56 Å². The van der Waals surface area contributed by atoms with E-state index in [0.717, 1.165) is 17.5 Å². The van der Waals surface area contributed by atoms with Crippen LogP contribution in [0.5, 0.6) is 0 Å². The predicted molar refractivity (Wildman–Crippen MR) is 84.5 cm³/mol. The van der Waals surface area contributed by atoms with Crippen molar-refractivity contribution in [1.29, 1.82) is 0 Å². The molecule has 0 aromatic heterocycles. The van der Waals surface area contributed by atoms with Crippen molar-refractivity contribution in [2.24, 2.45) is 5.92 Å². The molecule has 0 spiro atoms. The fourth-order valence-electron chi connectivity index (χ4n) is 2.23. The number of rotatable bonds is 5. The van der Waals surface area contributed by atoms with Gasteiger partial charge in [0.25, 0.3) is 0 Å². The Morgan fingerprint density at radius 1 is 1.05 bits per heavy atom. The second kappa shape index (κ2) is 6.71. The Labute approximate surface area is 125 Å². The number of hydrogen-bond donors (Lipinski definition) is 0. The molecule has 1 nitrogen and oxygen atoms in total. The minimum atomic E-state index is 0.151. The summed E-state index contributed by atoms with van der Waals surface area (Å²) in [6.07, 6.45) is 1.42. The van der Waals surface area contributed by atoms with E-state index in [1.54, 1.807) is 0 Å². The largest absolute Gasteiger partial charge is 0.294 e. The molecule has 2 rings (SSSR count). The van der Waals surface area contributed by atoms with Gasteiger partial charge in [-0.25, -0.2) is 0 Å². The first-order valence-corrected chi connectivity index (χ1v) is 7.29. The minimum Gasteiger partial charge on any atom is -0.294 e. The lowest BCUT2D eigenvalue weighted by molar-refractivity contribution is 0.0993. The van der Waals surface area contributed by atoms with E-state index in [9.17, 15) is 4.79 Å². The Hall–Kier alpha value is -1.60. The van der Waals surface area contributed by atoms with Gasteiger partial charge in [-0.1, -0.05) is 55.8 Å². The first-order chi connectivity index (χ1) is 9.54. The summed E-state index contributed by atoms with van der Waals surface area (Å²) in [5.74, 6) is 0.745. The fraction of sp³-hybridized carbons (Fsp3) is 0.278. The van der Waals surface area contributed by atoms with Crippen LogP contribution < -0.4 is 0 Å². The number of halogens is 1. The van der Waals surface area contributed by atoms with E-state index in [0.29, 0.717) is 17.4 Å². The Kier molecular flexibility index (Phi) is 4.97. The smallest absolute Gasteiger partial charge is 0.167 e. The number of carbonyl (C=O) groups is 1. The van der Waals surface area contributed by atoms with Crippen molar-refractivity contribution in [3.63, 3.8) is 0 Å². The van der Waals surface area contributed by atoms with Crippen LogP contribution in [0.1, 0.15) is 35.3 Å². The summed E-state index contributed by atoms with van der Waals surface area (Å²) in [5.41, 5.74) is 3.01. The summed E-state index contributed by atoms with van der Waals surface area (Å²) in [4.78, 5) is 12.3. The molecule has 0 saturated carbocycles. The van der Waals surface area contributed by atoms with Gasteiger partial charge in [0.2, 0.25) is 0 Å². The zero-order chi connectivity index (χ0) is 14.5. The average molecular weight is 287 g/mol. The monoisotopic (exact) mass is 286 g/mol. The summed E-state index contributed by atoms with van der Waals surface area (Å²) >= 11 is 5.85. The van der Waals surface area contributed by atoms with Crippen molar-refractivity contribution in [2.45, 2.75) is 26.7 Å². The molecule has 0 saturated heterocycles. The Morgan fingerprint density at radius 2 is 1.75 bits per heavy atom. The van der Waals surface area contributed by atoms with E-state index in [4.69, 9.17) is 11.6 Å². The molecule has 0 radical (unpaired) electrons. The molecule has 0 fully saturated rings. The molecule has 0 amide bonds. The third-order valence-corrected chi connectivity index (χ3v) is 3.42. The van der Waals surface area contributed by atoms with Crippen molar-refractivity contribution in [1.82, 2.24) is 0 Å². The molecule has 20 heavy (non-hydrogen) atoms. The second-order valence-electron chi connectivity index (χ2n) is 5.52. The standard InChI is InChI=1S/C18H19ClO/c1-13(2)10-15-4-3-5-16(11-15)18(20)12-14-6-8-17(19)9-7-14/h3-9,11,13H,10,12H2,1-2H3. The average Bonchev–Trinajstić information content (AvgIpc) is 2.41. The summed E-state index contributed by atoms with van der Waals surface area (Å²) < 4.78 is 0. The lowest BCUT2D eigenvalue weighted by Crippen LogP contribution is -2.04. The Morgan fingerprint density at radius 3 is 2.40 bits per heavy atom. The molecule has 2 aromatic rings. The maximum atomic E-state index is 12.3. The van der Waals surface area contributed by atoms with E-state index in [-0.39, 0.29) is 5.78 Å². The van der Waals surface area contributed by atoms with Gasteiger partial charge in [0.1, 0.15) is 0 Å². The van der Waals surface area contributed by atoms with Crippen LogP contribution in [-0.2, 0) is 12.8 Å². The first-order valence-electron chi connectivity index (χ1n) is 6.91. The molecule has 0 bridgehead atoms. The molecule has 2 heteroatoms. The van der Waals surface area contributed by atoms with Crippen LogP contribution in [0.2, 0.25) is 5.02 Å². The van der Waals surface area contributed by atoms with Crippen molar-refractivity contribution in [3.05, 3.63) is 70.2 Å². The maximum absolute atomic E-state index is 12.3. The fourth-order valence-corrected chi connectivity index (χ4v) is 2.36. The summed E-state index contributed by atoms with van der Waals surface area (Å²) in [6, 6.07) is 15.4. The van der Waals surface area contributed by atoms with Crippen molar-refractivity contribution in [2.75, 3.05) is 0 Å². The van der Waals surface area contributed by atoms with Crippen molar-refractivity contribution in [3.8, 4) is 0 Å². The third-order valence-electron chi connectivity index (χ3n) is 3.17. The Balaban J connectivity index is 2.10. The second-order valence-corrected chi connectivity index (χ2v) is 5.96. The van der Waals surface area contributed by atoms with Crippen LogP contribution in [0.3, 0.4) is 0 Å². The molecule has 0 atom stereocenters. The van der Waals surface area contributed by atoms with Gasteiger partial charge in [-0.2, -0.15) is 0 Å². The number of Topliss-reactive ketones (excluding diaryl/α,β-unsaturated/α-hetero) is 1. The summed E-state index contributed by atoms with van der Waals surface area (Å²) in [7, 11) is 0. The predicted octanol–water partition coefficient (Wildman–Crippen LogP) is 4.96. The third kappa shape index (κ3) is 4.21. The SMILES string of the molecule is CC(C)Cc1cccc(C(=O)Cc2ccc(Cl)cc2)c1. The van der Waals surface area contributed by atoms with Crippen LogP contribution in [0, 0.1) is 5.92 Å². The summed E-state index contributed by atoms with van der Waals surface area (Å²) in [5, 5.41) is 0.695. The molecule has 2 aromatic carbocycles. The van der Waals surface area contributed by atoms with Crippen LogP contribution in [0.4, 0.5) is 0 Å². The zero-order valence-corrected chi connectivity index (χ0v) is 12.7. The number of carbonyl (C=O) groups excluding carboxylic acids is 1. The van der Waals surface area contributed by atoms with Gasteiger partial charge >= 0.3 is 0 Å². The van der Waals surface area contributed by atoms with Crippen molar-refractivity contribution < 1.29 is 4.79 Å². The molecule has 0 heterocycles. The molecule has 0 unspecified atom stereocenters. The molecule has 104 valence electrons. The summed E-state index contributed by atoms with van der Waals surface area (Å²) in [6.45, 7) is 4.37. The molecular weight excluding hydrogens is 268 g/mol. The van der Waals surface area contributed by atoms with Gasteiger partial charge < -0.3 is 0 Å². The van der Waals surface area contributed by atoms with E-state index >= 15 is 0 Å². The maximum Gasteiger partial charge on any atom is 0.167 e. The van der Waals surface area contributed by atoms with Gasteiger partial charge in [0.05, 0.1) is 0 Å². The number of hydrogen-bond acceptors (Lipinski definition) is 1. The van der Waals surface area contributed by atoms with E-state index in [2.05, 4.69) is 19.9 Å². The molecule has 0 N–H and O–H groups in total. The highest BCUT2D eigenvalue weighted by Crippen LogP contribution is 2.15. The van der Waals surface area contributed by atoms with Gasteiger partial charge in [0, 0.05) is 17.0 Å². The number of ketones is 1. The molecule has 0 aliphatic carbocycles. The van der Waals surface area contributed by atoms with Gasteiger partial charge in [-0.05, 0) is 41.7 Å². The van der Waals surface area contributed by atoms with Crippen LogP contribution in [0.25, 0.3) is 0 Å². The molecular formula is C18H19ClO. The van der Waals surface area contributed by atoms with Crippen LogP contribution >= 0.6 is 11.6 Å². The van der Waals surface area contributed by atoms with Crippen LogP contribution in [-0.4, -0.2) is 5.78 Å². The van der Waals surface area contributed by atoms with E-state index in [1.807, 2.05) is 42.5 Å². The Bertz CT molecular complexity index is 585. The number of benzene rings is 2. The van der Waals surface area contributed by atoms with Gasteiger partial charge in [-0.3, -0.25) is 4.79 Å². The zero-order valence-electron chi connectivity index (χ0n) is 11.9. The molecule has 0 aliphatic heterocycles.